The van der Waals surface area contributed by atoms with E-state index in [9.17, 15) is 13.2 Å². The van der Waals surface area contributed by atoms with Crippen molar-refractivity contribution in [3.63, 3.8) is 0 Å². The second-order valence-electron chi connectivity index (χ2n) is 3.48. The summed E-state index contributed by atoms with van der Waals surface area (Å²) in [4.78, 5) is 3.77. The van der Waals surface area contributed by atoms with Crippen molar-refractivity contribution in [3.05, 3.63) is 47.3 Å². The van der Waals surface area contributed by atoms with Gasteiger partial charge in [0.1, 0.15) is 11.6 Å². The first-order valence-corrected chi connectivity index (χ1v) is 5.45. The van der Waals surface area contributed by atoms with E-state index in [-0.39, 0.29) is 23.1 Å². The van der Waals surface area contributed by atoms with Gasteiger partial charge in [-0.3, -0.25) is 4.57 Å². The summed E-state index contributed by atoms with van der Waals surface area (Å²) in [6.45, 7) is -2.72. The van der Waals surface area contributed by atoms with Gasteiger partial charge in [-0.25, -0.2) is 9.37 Å². The molecule has 0 aliphatic rings. The molecule has 0 atom stereocenters. The minimum atomic E-state index is -2.68. The van der Waals surface area contributed by atoms with Gasteiger partial charge >= 0.3 is 6.55 Å². The molecule has 1 aromatic carbocycles. The third-order valence-corrected chi connectivity index (χ3v) is 2.66. The number of imidazole rings is 1. The van der Waals surface area contributed by atoms with Crippen LogP contribution < -0.4 is 5.32 Å². The Morgan fingerprint density at radius 1 is 1.39 bits per heavy atom. The van der Waals surface area contributed by atoms with E-state index >= 15 is 0 Å². The van der Waals surface area contributed by atoms with E-state index in [1.807, 2.05) is 0 Å². The lowest BCUT2D eigenvalue weighted by molar-refractivity contribution is 0.0673. The first kappa shape index (κ1) is 12.8. The quantitative estimate of drug-likeness (QED) is 0.922. The number of halogens is 4. The Kier molecular flexibility index (Phi) is 3.76. The van der Waals surface area contributed by atoms with Crippen LogP contribution in [0.3, 0.4) is 0 Å². The van der Waals surface area contributed by atoms with Gasteiger partial charge in [-0.2, -0.15) is 8.78 Å². The third-order valence-electron chi connectivity index (χ3n) is 2.35. The zero-order chi connectivity index (χ0) is 13.1. The fraction of sp³-hybridized carbons (Fsp3) is 0.182. The molecule has 0 fully saturated rings. The molecule has 1 aromatic heterocycles. The molecule has 0 unspecified atom stereocenters. The van der Waals surface area contributed by atoms with E-state index in [0.717, 1.165) is 6.20 Å². The number of hydrogen-bond acceptors (Lipinski definition) is 2. The fourth-order valence-corrected chi connectivity index (χ4v) is 1.72. The van der Waals surface area contributed by atoms with Gasteiger partial charge in [0.05, 0.1) is 17.3 Å². The molecule has 0 saturated heterocycles. The van der Waals surface area contributed by atoms with Gasteiger partial charge in [0.2, 0.25) is 0 Å². The van der Waals surface area contributed by atoms with Crippen LogP contribution in [0.15, 0.2) is 30.6 Å². The minimum Gasteiger partial charge on any atom is -0.374 e. The molecule has 0 spiro atoms. The lowest BCUT2D eigenvalue weighted by Gasteiger charge is -2.10. The molecule has 0 radical (unpaired) electrons. The maximum Gasteiger partial charge on any atom is 0.319 e. The Morgan fingerprint density at radius 3 is 2.83 bits per heavy atom. The standard InChI is InChI=1S/C11H9ClF3N3/c12-7-2-1-3-8(13)10(7)17-6-9-16-4-5-18(9)11(14)15/h1-5,11,17H,6H2. The average molecular weight is 276 g/mol. The van der Waals surface area contributed by atoms with Gasteiger partial charge < -0.3 is 5.32 Å². The molecule has 0 amide bonds. The number of nitrogens with zero attached hydrogens (tertiary/aromatic N) is 2. The first-order valence-electron chi connectivity index (χ1n) is 5.07. The van der Waals surface area contributed by atoms with Crippen molar-refractivity contribution >= 4 is 17.3 Å². The number of aromatic nitrogens is 2. The highest BCUT2D eigenvalue weighted by atomic mass is 35.5. The molecule has 96 valence electrons. The van der Waals surface area contributed by atoms with Crippen LogP contribution in [-0.4, -0.2) is 9.55 Å². The van der Waals surface area contributed by atoms with Crippen molar-refractivity contribution in [2.45, 2.75) is 13.1 Å². The molecule has 3 nitrogen and oxygen atoms in total. The molecule has 7 heteroatoms. The lowest BCUT2D eigenvalue weighted by atomic mass is 10.3. The van der Waals surface area contributed by atoms with Crippen LogP contribution in [0, 0.1) is 5.82 Å². The summed E-state index contributed by atoms with van der Waals surface area (Å²) in [5.41, 5.74) is 0.0722. The van der Waals surface area contributed by atoms with Crippen LogP contribution in [0.2, 0.25) is 5.02 Å². The van der Waals surface area contributed by atoms with E-state index in [1.165, 1.54) is 24.4 Å². The monoisotopic (exact) mass is 275 g/mol. The molecular formula is C11H9ClF3N3. The SMILES string of the molecule is Fc1cccc(Cl)c1NCc1nccn1C(F)F. The van der Waals surface area contributed by atoms with E-state index in [4.69, 9.17) is 11.6 Å². The molecule has 2 aromatic rings. The molecular weight excluding hydrogens is 267 g/mol. The summed E-state index contributed by atoms with van der Waals surface area (Å²) in [5, 5.41) is 2.84. The van der Waals surface area contributed by atoms with E-state index < -0.39 is 12.4 Å². The maximum absolute atomic E-state index is 13.4. The Bertz CT molecular complexity index is 522. The number of para-hydroxylation sites is 1. The van der Waals surface area contributed by atoms with Crippen LogP contribution >= 0.6 is 11.6 Å². The number of rotatable bonds is 4. The number of alkyl halides is 2. The van der Waals surface area contributed by atoms with E-state index in [2.05, 4.69) is 10.3 Å². The highest BCUT2D eigenvalue weighted by Gasteiger charge is 2.12. The number of benzene rings is 1. The van der Waals surface area contributed by atoms with Gasteiger partial charge in [-0.15, -0.1) is 0 Å². The Morgan fingerprint density at radius 2 is 2.17 bits per heavy atom. The summed E-state index contributed by atoms with van der Waals surface area (Å²) in [5.74, 6) is -0.443. The first-order chi connectivity index (χ1) is 8.59. The highest BCUT2D eigenvalue weighted by molar-refractivity contribution is 6.33. The smallest absolute Gasteiger partial charge is 0.319 e. The Hall–Kier alpha value is -1.69. The molecule has 1 heterocycles. The number of hydrogen-bond donors (Lipinski definition) is 1. The van der Waals surface area contributed by atoms with Crippen LogP contribution in [0.4, 0.5) is 18.9 Å². The van der Waals surface area contributed by atoms with Crippen LogP contribution in [0.25, 0.3) is 0 Å². The molecule has 0 bridgehead atoms. The van der Waals surface area contributed by atoms with Gasteiger partial charge in [0, 0.05) is 12.4 Å². The summed E-state index contributed by atoms with van der Waals surface area (Å²) in [6, 6.07) is 4.20. The largest absolute Gasteiger partial charge is 0.374 e. The van der Waals surface area contributed by atoms with Crippen molar-refractivity contribution in [2.75, 3.05) is 5.32 Å². The van der Waals surface area contributed by atoms with Crippen molar-refractivity contribution in [1.82, 2.24) is 9.55 Å². The molecule has 0 aliphatic heterocycles. The molecule has 18 heavy (non-hydrogen) atoms. The summed E-state index contributed by atoms with van der Waals surface area (Å²) in [7, 11) is 0. The second-order valence-corrected chi connectivity index (χ2v) is 3.89. The van der Waals surface area contributed by atoms with Gasteiger partial charge in [-0.1, -0.05) is 17.7 Å². The molecule has 0 aliphatic carbocycles. The average Bonchev–Trinajstić information content (AvgIpc) is 2.76. The molecule has 1 N–H and O–H groups in total. The van der Waals surface area contributed by atoms with E-state index in [0.29, 0.717) is 4.57 Å². The number of nitrogens with one attached hydrogen (secondary N) is 1. The van der Waals surface area contributed by atoms with Crippen molar-refractivity contribution in [1.29, 1.82) is 0 Å². The molecule has 2 rings (SSSR count). The van der Waals surface area contributed by atoms with Gasteiger partial charge in [0.15, 0.2) is 0 Å². The molecule has 0 saturated carbocycles. The fourth-order valence-electron chi connectivity index (χ4n) is 1.49. The summed E-state index contributed by atoms with van der Waals surface area (Å²) < 4.78 is 39.2. The van der Waals surface area contributed by atoms with Crippen LogP contribution in [0.1, 0.15) is 12.4 Å². The normalized spacial score (nSPS) is 10.9. The van der Waals surface area contributed by atoms with Crippen LogP contribution in [-0.2, 0) is 6.54 Å². The second kappa shape index (κ2) is 5.30. The zero-order valence-corrected chi connectivity index (χ0v) is 9.83. The maximum atomic E-state index is 13.4. The van der Waals surface area contributed by atoms with Crippen LogP contribution in [0.5, 0.6) is 0 Å². The Balaban J connectivity index is 2.14. The van der Waals surface area contributed by atoms with Crippen molar-refractivity contribution in [3.8, 4) is 0 Å². The predicted octanol–water partition coefficient (Wildman–Crippen LogP) is 3.68. The predicted molar refractivity (Wildman–Crippen MR) is 62.2 cm³/mol. The van der Waals surface area contributed by atoms with E-state index in [1.54, 1.807) is 0 Å². The highest BCUT2D eigenvalue weighted by Crippen LogP contribution is 2.25. The lowest BCUT2D eigenvalue weighted by Crippen LogP contribution is -2.10. The summed E-state index contributed by atoms with van der Waals surface area (Å²) in [6.07, 6.45) is 2.41. The van der Waals surface area contributed by atoms with Crippen molar-refractivity contribution in [2.24, 2.45) is 0 Å². The zero-order valence-electron chi connectivity index (χ0n) is 9.08. The minimum absolute atomic E-state index is 0.0437. The summed E-state index contributed by atoms with van der Waals surface area (Å²) >= 11 is 5.79. The Labute approximate surface area is 106 Å². The van der Waals surface area contributed by atoms with Gasteiger partial charge in [0.25, 0.3) is 0 Å². The third kappa shape index (κ3) is 2.59. The number of anilines is 1. The van der Waals surface area contributed by atoms with Crippen molar-refractivity contribution < 1.29 is 13.2 Å². The topological polar surface area (TPSA) is 29.9 Å². The van der Waals surface area contributed by atoms with Gasteiger partial charge in [-0.05, 0) is 12.1 Å².